The van der Waals surface area contributed by atoms with Gasteiger partial charge in [0.05, 0.1) is 9.46 Å². The van der Waals surface area contributed by atoms with E-state index in [0.29, 0.717) is 20.9 Å². The summed E-state index contributed by atoms with van der Waals surface area (Å²) in [5.74, 6) is 0.505. The van der Waals surface area contributed by atoms with E-state index in [-0.39, 0.29) is 11.2 Å². The summed E-state index contributed by atoms with van der Waals surface area (Å²) in [6, 6.07) is 15.4. The Bertz CT molecular complexity index is 1180. The van der Waals surface area contributed by atoms with Crippen molar-refractivity contribution < 1.29 is 4.92 Å². The Balaban J connectivity index is 1.76. The predicted octanol–water partition coefficient (Wildman–Crippen LogP) is 2.27. The van der Waals surface area contributed by atoms with E-state index in [1.165, 1.54) is 28.0 Å². The molecular weight excluding hydrogens is 340 g/mol. The minimum Gasteiger partial charge on any atom is -0.266 e. The minimum atomic E-state index is -0.461. The lowest BCUT2D eigenvalue weighted by Crippen LogP contribution is -2.23. The zero-order valence-electron chi connectivity index (χ0n) is 12.7. The molecule has 0 unspecified atom stereocenters. The molecule has 4 rings (SSSR count). The Morgan fingerprint density at radius 1 is 1.08 bits per heavy atom. The first-order valence-corrected chi connectivity index (χ1v) is 8.15. The molecular formula is C17H10N4O3S. The Kier molecular flexibility index (Phi) is 3.58. The summed E-state index contributed by atoms with van der Waals surface area (Å²) in [7, 11) is 0. The predicted molar refractivity (Wildman–Crippen MR) is 94.5 cm³/mol. The summed E-state index contributed by atoms with van der Waals surface area (Å²) in [6.07, 6.45) is 1.68. The zero-order valence-corrected chi connectivity index (χ0v) is 13.5. The van der Waals surface area contributed by atoms with Crippen LogP contribution in [0.4, 0.5) is 5.69 Å². The number of thiazole rings is 1. The monoisotopic (exact) mass is 350 g/mol. The van der Waals surface area contributed by atoms with Crippen LogP contribution < -0.4 is 10.1 Å². The Labute approximate surface area is 144 Å². The molecule has 0 atom stereocenters. The third kappa shape index (κ3) is 2.79. The van der Waals surface area contributed by atoms with Gasteiger partial charge in [-0.25, -0.2) is 0 Å². The van der Waals surface area contributed by atoms with Crippen molar-refractivity contribution in [1.29, 1.82) is 0 Å². The van der Waals surface area contributed by atoms with Crippen LogP contribution in [0.5, 0.6) is 0 Å². The summed E-state index contributed by atoms with van der Waals surface area (Å²) < 4.78 is 1.76. The van der Waals surface area contributed by atoms with Gasteiger partial charge < -0.3 is 0 Å². The summed E-state index contributed by atoms with van der Waals surface area (Å²) in [5.41, 5.74) is 1.30. The largest absolute Gasteiger partial charge is 0.291 e. The molecule has 4 aromatic rings. The van der Waals surface area contributed by atoms with Gasteiger partial charge >= 0.3 is 0 Å². The number of hydrogen-bond donors (Lipinski definition) is 0. The van der Waals surface area contributed by atoms with Gasteiger partial charge in [0.2, 0.25) is 4.96 Å². The van der Waals surface area contributed by atoms with Crippen LogP contribution in [-0.2, 0) is 0 Å². The van der Waals surface area contributed by atoms with Gasteiger partial charge in [0, 0.05) is 17.7 Å². The second-order valence-electron chi connectivity index (χ2n) is 5.26. The van der Waals surface area contributed by atoms with E-state index in [9.17, 15) is 14.9 Å². The average Bonchev–Trinajstić information content (AvgIpc) is 3.16. The van der Waals surface area contributed by atoms with Crippen LogP contribution in [0, 0.1) is 10.1 Å². The second kappa shape index (κ2) is 5.91. The number of aromatic nitrogens is 3. The number of hydrogen-bond acceptors (Lipinski definition) is 6. The molecule has 7 nitrogen and oxygen atoms in total. The van der Waals surface area contributed by atoms with Crippen LogP contribution in [0.25, 0.3) is 22.4 Å². The third-order valence-electron chi connectivity index (χ3n) is 3.62. The smallest absolute Gasteiger partial charge is 0.266 e. The lowest BCUT2D eigenvalue weighted by Gasteiger charge is -1.92. The first-order chi connectivity index (χ1) is 12.1. The van der Waals surface area contributed by atoms with Crippen molar-refractivity contribution in [2.75, 3.05) is 0 Å². The van der Waals surface area contributed by atoms with Gasteiger partial charge in [-0.2, -0.15) is 9.50 Å². The molecule has 2 aromatic heterocycles. The second-order valence-corrected chi connectivity index (χ2v) is 6.27. The van der Waals surface area contributed by atoms with Crippen molar-refractivity contribution in [3.05, 3.63) is 85.2 Å². The van der Waals surface area contributed by atoms with E-state index in [2.05, 4.69) is 10.1 Å². The van der Waals surface area contributed by atoms with Crippen LogP contribution >= 0.6 is 11.3 Å². The molecule has 2 heterocycles. The van der Waals surface area contributed by atoms with E-state index in [0.717, 1.165) is 5.56 Å². The minimum absolute atomic E-state index is 0.00893. The summed E-state index contributed by atoms with van der Waals surface area (Å²) in [5, 5.41) is 15.0. The van der Waals surface area contributed by atoms with Crippen molar-refractivity contribution in [3.8, 4) is 11.4 Å². The van der Waals surface area contributed by atoms with Crippen LogP contribution in [0.3, 0.4) is 0 Å². The molecule has 0 aliphatic carbocycles. The van der Waals surface area contributed by atoms with Gasteiger partial charge in [-0.3, -0.25) is 14.9 Å². The van der Waals surface area contributed by atoms with Crippen molar-refractivity contribution in [3.63, 3.8) is 0 Å². The summed E-state index contributed by atoms with van der Waals surface area (Å²) >= 11 is 1.23. The number of nitro groups is 1. The number of nitrogens with zero attached hydrogens (tertiary/aromatic N) is 4. The number of nitro benzene ring substituents is 1. The normalized spacial score (nSPS) is 11.9. The highest BCUT2D eigenvalue weighted by molar-refractivity contribution is 7.15. The van der Waals surface area contributed by atoms with Gasteiger partial charge in [-0.05, 0) is 23.8 Å². The van der Waals surface area contributed by atoms with Gasteiger partial charge in [-0.15, -0.1) is 5.10 Å². The van der Waals surface area contributed by atoms with Gasteiger partial charge in [0.15, 0.2) is 5.82 Å². The molecule has 0 N–H and O–H groups in total. The standard InChI is InChI=1S/C17H10N4O3S/c22-16-14(10-11-6-8-13(9-7-11)21(23)24)25-17-18-15(19-20(16)17)12-4-2-1-3-5-12/h1-10H/b14-10+. The third-order valence-corrected chi connectivity index (χ3v) is 4.57. The molecule has 0 aliphatic heterocycles. The molecule has 0 bridgehead atoms. The maximum absolute atomic E-state index is 12.5. The highest BCUT2D eigenvalue weighted by atomic mass is 32.1. The van der Waals surface area contributed by atoms with Crippen molar-refractivity contribution >= 4 is 28.1 Å². The molecule has 8 heteroatoms. The molecule has 122 valence electrons. The molecule has 0 radical (unpaired) electrons. The van der Waals surface area contributed by atoms with E-state index in [1.807, 2.05) is 30.3 Å². The van der Waals surface area contributed by atoms with E-state index < -0.39 is 4.92 Å². The number of benzene rings is 2. The van der Waals surface area contributed by atoms with Crippen LogP contribution in [-0.4, -0.2) is 19.5 Å². The molecule has 0 saturated heterocycles. The molecule has 0 spiro atoms. The topological polar surface area (TPSA) is 90.4 Å². The zero-order chi connectivity index (χ0) is 17.4. The molecule has 2 aromatic carbocycles. The Morgan fingerprint density at radius 3 is 2.44 bits per heavy atom. The van der Waals surface area contributed by atoms with E-state index >= 15 is 0 Å². The number of rotatable bonds is 3. The fraction of sp³-hybridized carbons (Fsp3) is 0. The Morgan fingerprint density at radius 2 is 1.80 bits per heavy atom. The van der Waals surface area contributed by atoms with Crippen LogP contribution in [0.1, 0.15) is 5.56 Å². The first kappa shape index (κ1) is 15.2. The van der Waals surface area contributed by atoms with Crippen molar-refractivity contribution in [2.24, 2.45) is 0 Å². The fourth-order valence-electron chi connectivity index (χ4n) is 2.39. The van der Waals surface area contributed by atoms with E-state index in [1.54, 1.807) is 18.2 Å². The first-order valence-electron chi connectivity index (χ1n) is 7.33. The maximum Gasteiger partial charge on any atom is 0.291 e. The SMILES string of the molecule is O=c1/c(=C\c2ccc([N+](=O)[O-])cc2)sc2nc(-c3ccccc3)nn12. The lowest BCUT2D eigenvalue weighted by atomic mass is 10.2. The Hall–Kier alpha value is -3.39. The van der Waals surface area contributed by atoms with Crippen LogP contribution in [0.15, 0.2) is 59.4 Å². The molecule has 0 amide bonds. The highest BCUT2D eigenvalue weighted by Crippen LogP contribution is 2.16. The van der Waals surface area contributed by atoms with Crippen molar-refractivity contribution in [1.82, 2.24) is 14.6 Å². The summed E-state index contributed by atoms with van der Waals surface area (Å²) in [6.45, 7) is 0. The summed E-state index contributed by atoms with van der Waals surface area (Å²) in [4.78, 5) is 27.6. The fourth-order valence-corrected chi connectivity index (χ4v) is 3.29. The van der Waals surface area contributed by atoms with Gasteiger partial charge in [0.1, 0.15) is 0 Å². The van der Waals surface area contributed by atoms with Gasteiger partial charge in [0.25, 0.3) is 11.2 Å². The molecule has 25 heavy (non-hydrogen) atoms. The van der Waals surface area contributed by atoms with Crippen LogP contribution in [0.2, 0.25) is 0 Å². The molecule has 0 saturated carbocycles. The molecule has 0 fully saturated rings. The van der Waals surface area contributed by atoms with Gasteiger partial charge in [-0.1, -0.05) is 41.7 Å². The van der Waals surface area contributed by atoms with Crippen molar-refractivity contribution in [2.45, 2.75) is 0 Å². The number of non-ortho nitro benzene ring substituents is 1. The quantitative estimate of drug-likeness (QED) is 0.418. The maximum atomic E-state index is 12.5. The lowest BCUT2D eigenvalue weighted by molar-refractivity contribution is -0.384. The van der Waals surface area contributed by atoms with E-state index in [4.69, 9.17) is 0 Å². The number of fused-ring (bicyclic) bond motifs is 1. The average molecular weight is 350 g/mol. The highest BCUT2D eigenvalue weighted by Gasteiger charge is 2.11. The molecule has 0 aliphatic rings.